The molecular weight excluding hydrogens is 247 g/mol. The van der Waals surface area contributed by atoms with E-state index in [0.717, 1.165) is 28.8 Å². The molecule has 70 valence electrons. The number of unbranched alkanes of at least 4 members (excludes halogenated alkanes) is 1. The van der Waals surface area contributed by atoms with Crippen LogP contribution in [-0.4, -0.2) is 0 Å². The van der Waals surface area contributed by atoms with Gasteiger partial charge in [0.2, 0.25) is 0 Å². The Morgan fingerprint density at radius 1 is 1.46 bits per heavy atom. The first kappa shape index (κ1) is 10.8. The van der Waals surface area contributed by atoms with Gasteiger partial charge in [-0.2, -0.15) is 0 Å². The van der Waals surface area contributed by atoms with Gasteiger partial charge in [0.25, 0.3) is 0 Å². The summed E-state index contributed by atoms with van der Waals surface area (Å²) in [6, 6.07) is 6.04. The summed E-state index contributed by atoms with van der Waals surface area (Å²) >= 11 is 9.50. The fraction of sp³-hybridized carbons (Fsp3) is 0.273. The van der Waals surface area contributed by atoms with E-state index >= 15 is 0 Å². The second-order valence-electron chi connectivity index (χ2n) is 2.89. The average molecular weight is 260 g/mol. The van der Waals surface area contributed by atoms with Gasteiger partial charge in [0.05, 0.1) is 5.02 Å². The second-order valence-corrected chi connectivity index (χ2v) is 4.13. The van der Waals surface area contributed by atoms with Crippen LogP contribution in [0.15, 0.2) is 35.3 Å². The zero-order valence-corrected chi connectivity index (χ0v) is 9.74. The highest BCUT2D eigenvalue weighted by Crippen LogP contribution is 2.26. The van der Waals surface area contributed by atoms with Gasteiger partial charge in [-0.25, -0.2) is 0 Å². The van der Waals surface area contributed by atoms with Crippen molar-refractivity contribution in [2.75, 3.05) is 0 Å². The van der Waals surface area contributed by atoms with Crippen molar-refractivity contribution in [3.8, 4) is 0 Å². The molecule has 0 heterocycles. The average Bonchev–Trinajstić information content (AvgIpc) is 2.13. The molecule has 0 nitrogen and oxygen atoms in total. The van der Waals surface area contributed by atoms with E-state index in [1.807, 2.05) is 18.2 Å². The van der Waals surface area contributed by atoms with Gasteiger partial charge in [0.1, 0.15) is 0 Å². The SMILES string of the molecule is C=CCCCc1cccc(Br)c1Cl. The van der Waals surface area contributed by atoms with Crippen molar-refractivity contribution in [3.63, 3.8) is 0 Å². The molecule has 0 bridgehead atoms. The highest BCUT2D eigenvalue weighted by Gasteiger charge is 2.02. The summed E-state index contributed by atoms with van der Waals surface area (Å²) in [5.74, 6) is 0. The van der Waals surface area contributed by atoms with Crippen molar-refractivity contribution in [2.24, 2.45) is 0 Å². The number of halogens is 2. The molecule has 0 spiro atoms. The lowest BCUT2D eigenvalue weighted by atomic mass is 10.1. The standard InChI is InChI=1S/C11H12BrCl/c1-2-3-4-6-9-7-5-8-10(12)11(9)13/h2,5,7-8H,1,3-4,6H2. The predicted molar refractivity (Wildman–Crippen MR) is 62.3 cm³/mol. The van der Waals surface area contributed by atoms with Crippen molar-refractivity contribution in [3.05, 3.63) is 45.9 Å². The van der Waals surface area contributed by atoms with Crippen LogP contribution in [0.3, 0.4) is 0 Å². The van der Waals surface area contributed by atoms with E-state index in [1.165, 1.54) is 5.56 Å². The topological polar surface area (TPSA) is 0 Å². The van der Waals surface area contributed by atoms with Gasteiger partial charge >= 0.3 is 0 Å². The van der Waals surface area contributed by atoms with Gasteiger partial charge in [-0.1, -0.05) is 29.8 Å². The van der Waals surface area contributed by atoms with Crippen LogP contribution in [0.5, 0.6) is 0 Å². The lowest BCUT2D eigenvalue weighted by Gasteiger charge is -2.04. The third-order valence-electron chi connectivity index (χ3n) is 1.89. The Balaban J connectivity index is 2.65. The molecule has 1 aromatic carbocycles. The molecule has 0 aliphatic carbocycles. The van der Waals surface area contributed by atoms with E-state index in [2.05, 4.69) is 28.6 Å². The first-order valence-corrected chi connectivity index (χ1v) is 5.46. The molecule has 1 aromatic rings. The fourth-order valence-electron chi connectivity index (χ4n) is 1.18. The highest BCUT2D eigenvalue weighted by molar-refractivity contribution is 9.10. The van der Waals surface area contributed by atoms with E-state index in [9.17, 15) is 0 Å². The van der Waals surface area contributed by atoms with Gasteiger partial charge < -0.3 is 0 Å². The van der Waals surface area contributed by atoms with Crippen LogP contribution >= 0.6 is 27.5 Å². The van der Waals surface area contributed by atoms with E-state index in [0.29, 0.717) is 0 Å². The van der Waals surface area contributed by atoms with Gasteiger partial charge in [0, 0.05) is 4.47 Å². The molecule has 0 fully saturated rings. The lowest BCUT2D eigenvalue weighted by molar-refractivity contribution is 0.844. The maximum absolute atomic E-state index is 6.10. The smallest absolute Gasteiger partial charge is 0.0580 e. The summed E-state index contributed by atoms with van der Waals surface area (Å²) in [5.41, 5.74) is 1.21. The molecule has 2 heteroatoms. The van der Waals surface area contributed by atoms with Gasteiger partial charge in [-0.05, 0) is 46.8 Å². The Kier molecular flexibility index (Phi) is 4.54. The third kappa shape index (κ3) is 3.17. The third-order valence-corrected chi connectivity index (χ3v) is 3.22. The van der Waals surface area contributed by atoms with Crippen molar-refractivity contribution in [2.45, 2.75) is 19.3 Å². The number of hydrogen-bond donors (Lipinski definition) is 0. The number of benzene rings is 1. The monoisotopic (exact) mass is 258 g/mol. The lowest BCUT2D eigenvalue weighted by Crippen LogP contribution is -1.86. The fourth-order valence-corrected chi connectivity index (χ4v) is 1.81. The largest absolute Gasteiger partial charge is 0.103 e. The summed E-state index contributed by atoms with van der Waals surface area (Å²) in [5, 5.41) is 0.839. The van der Waals surface area contributed by atoms with Gasteiger partial charge in [-0.3, -0.25) is 0 Å². The molecule has 0 unspecified atom stereocenters. The number of rotatable bonds is 4. The molecule has 0 aromatic heterocycles. The van der Waals surface area contributed by atoms with Crippen LogP contribution in [0.25, 0.3) is 0 Å². The first-order chi connectivity index (χ1) is 6.25. The van der Waals surface area contributed by atoms with Crippen LogP contribution in [0.4, 0.5) is 0 Å². The molecule has 0 amide bonds. The molecule has 0 radical (unpaired) electrons. The summed E-state index contributed by atoms with van der Waals surface area (Å²) < 4.78 is 0.977. The normalized spacial score (nSPS) is 10.0. The van der Waals surface area contributed by atoms with Gasteiger partial charge in [0.15, 0.2) is 0 Å². The zero-order chi connectivity index (χ0) is 9.68. The van der Waals surface area contributed by atoms with Crippen LogP contribution in [-0.2, 0) is 6.42 Å². The Bertz CT molecular complexity index is 294. The molecule has 0 saturated heterocycles. The van der Waals surface area contributed by atoms with Crippen LogP contribution < -0.4 is 0 Å². The van der Waals surface area contributed by atoms with Crippen LogP contribution in [0.2, 0.25) is 5.02 Å². The molecule has 0 aliphatic heterocycles. The molecule has 1 rings (SSSR count). The minimum absolute atomic E-state index is 0.839. The van der Waals surface area contributed by atoms with Gasteiger partial charge in [-0.15, -0.1) is 6.58 Å². The van der Waals surface area contributed by atoms with Crippen LogP contribution in [0.1, 0.15) is 18.4 Å². The second kappa shape index (κ2) is 5.46. The molecule has 0 aliphatic rings. The minimum atomic E-state index is 0.839. The van der Waals surface area contributed by atoms with E-state index in [4.69, 9.17) is 11.6 Å². The zero-order valence-electron chi connectivity index (χ0n) is 7.39. The van der Waals surface area contributed by atoms with Crippen molar-refractivity contribution < 1.29 is 0 Å². The molecule has 0 saturated carbocycles. The highest BCUT2D eigenvalue weighted by atomic mass is 79.9. The minimum Gasteiger partial charge on any atom is -0.103 e. The van der Waals surface area contributed by atoms with Crippen molar-refractivity contribution in [1.29, 1.82) is 0 Å². The molecule has 13 heavy (non-hydrogen) atoms. The Hall–Kier alpha value is -0.270. The molecule has 0 N–H and O–H groups in total. The van der Waals surface area contributed by atoms with E-state index in [1.54, 1.807) is 0 Å². The maximum atomic E-state index is 6.10. The summed E-state index contributed by atoms with van der Waals surface area (Å²) in [6.07, 6.45) is 5.11. The molecule has 0 atom stereocenters. The summed E-state index contributed by atoms with van der Waals surface area (Å²) in [7, 11) is 0. The summed E-state index contributed by atoms with van der Waals surface area (Å²) in [4.78, 5) is 0. The van der Waals surface area contributed by atoms with E-state index < -0.39 is 0 Å². The van der Waals surface area contributed by atoms with E-state index in [-0.39, 0.29) is 0 Å². The first-order valence-electron chi connectivity index (χ1n) is 4.29. The Morgan fingerprint density at radius 3 is 2.92 bits per heavy atom. The quantitative estimate of drug-likeness (QED) is 0.547. The predicted octanol–water partition coefficient (Wildman–Crippen LogP) is 4.61. The van der Waals surface area contributed by atoms with Crippen molar-refractivity contribution in [1.82, 2.24) is 0 Å². The number of aryl methyl sites for hydroxylation is 1. The van der Waals surface area contributed by atoms with Crippen LogP contribution in [0, 0.1) is 0 Å². The number of allylic oxidation sites excluding steroid dienone is 1. The van der Waals surface area contributed by atoms with Crippen molar-refractivity contribution >= 4 is 27.5 Å². The number of hydrogen-bond acceptors (Lipinski definition) is 0. The Morgan fingerprint density at radius 2 is 2.23 bits per heavy atom. The Labute approximate surface area is 92.7 Å². The molecular formula is C11H12BrCl. The summed E-state index contributed by atoms with van der Waals surface area (Å²) in [6.45, 7) is 3.69. The maximum Gasteiger partial charge on any atom is 0.0580 e.